The van der Waals surface area contributed by atoms with Crippen LogP contribution in [0.1, 0.15) is 52.9 Å². The van der Waals surface area contributed by atoms with E-state index in [-0.39, 0.29) is 0 Å². The molecule has 2 heterocycles. The lowest BCUT2D eigenvalue weighted by Crippen LogP contribution is -2.14. The summed E-state index contributed by atoms with van der Waals surface area (Å²) in [5.74, 6) is 0. The summed E-state index contributed by atoms with van der Waals surface area (Å²) in [4.78, 5) is 0. The van der Waals surface area contributed by atoms with Gasteiger partial charge in [-0.05, 0) is 61.1 Å². The van der Waals surface area contributed by atoms with Crippen LogP contribution in [0.5, 0.6) is 0 Å². The second-order valence-electron chi connectivity index (χ2n) is 5.89. The predicted octanol–water partition coefficient (Wildman–Crippen LogP) is 5.09. The summed E-state index contributed by atoms with van der Waals surface area (Å²) >= 11 is 0. The average molecular weight is 258 g/mol. The molecule has 94 valence electrons. The Hall–Kier alpha value is 0.860. The molecule has 2 heteroatoms. The normalized spacial score (nSPS) is 41.4. The van der Waals surface area contributed by atoms with Crippen molar-refractivity contribution in [1.82, 2.24) is 0 Å². The van der Waals surface area contributed by atoms with E-state index < -0.39 is 0 Å². The monoisotopic (exact) mass is 258 g/mol. The molecular weight excluding hydrogens is 230 g/mol. The molecule has 2 aliphatic rings. The van der Waals surface area contributed by atoms with Gasteiger partial charge in [-0.25, -0.2) is 0 Å². The van der Waals surface area contributed by atoms with E-state index in [9.17, 15) is 0 Å². The van der Waals surface area contributed by atoms with Crippen LogP contribution in [0.2, 0.25) is 0 Å². The van der Waals surface area contributed by atoms with Gasteiger partial charge in [-0.3, -0.25) is 0 Å². The van der Waals surface area contributed by atoms with E-state index in [0.717, 1.165) is 17.0 Å². The molecular formula is C14H28P2. The maximum Gasteiger partial charge on any atom is -0.0235 e. The first-order valence-electron chi connectivity index (χ1n) is 7.18. The van der Waals surface area contributed by atoms with Gasteiger partial charge in [0.2, 0.25) is 0 Å². The molecule has 2 saturated heterocycles. The Bertz CT molecular complexity index is 207. The van der Waals surface area contributed by atoms with Crippen molar-refractivity contribution >= 4 is 15.8 Å². The van der Waals surface area contributed by atoms with Gasteiger partial charge in [0.05, 0.1) is 0 Å². The van der Waals surface area contributed by atoms with Crippen LogP contribution in [0.15, 0.2) is 0 Å². The third-order valence-electron chi connectivity index (χ3n) is 4.72. The number of rotatable bonds is 3. The van der Waals surface area contributed by atoms with E-state index in [1.54, 1.807) is 24.9 Å². The smallest absolute Gasteiger partial charge is 0.0235 e. The zero-order valence-corrected chi connectivity index (χ0v) is 13.1. The van der Waals surface area contributed by atoms with Crippen LogP contribution in [0.25, 0.3) is 0 Å². The van der Waals surface area contributed by atoms with Gasteiger partial charge in [0.15, 0.2) is 0 Å². The highest BCUT2D eigenvalue weighted by atomic mass is 31.1. The Kier molecular flexibility index (Phi) is 5.11. The maximum atomic E-state index is 2.53. The minimum atomic E-state index is 0.405. The largest absolute Gasteiger partial charge is 0.103 e. The number of hydrogen-bond acceptors (Lipinski definition) is 0. The first-order chi connectivity index (χ1) is 7.68. The van der Waals surface area contributed by atoms with Crippen LogP contribution in [0.4, 0.5) is 0 Å². The summed E-state index contributed by atoms with van der Waals surface area (Å²) in [5, 5.41) is 0. The first-order valence-corrected chi connectivity index (χ1v) is 10.6. The van der Waals surface area contributed by atoms with E-state index in [1.807, 2.05) is 0 Å². The summed E-state index contributed by atoms with van der Waals surface area (Å²) < 4.78 is 0. The lowest BCUT2D eigenvalue weighted by molar-refractivity contribution is 0.678. The molecule has 0 radical (unpaired) electrons. The van der Waals surface area contributed by atoms with Crippen LogP contribution in [-0.2, 0) is 0 Å². The summed E-state index contributed by atoms with van der Waals surface area (Å²) in [5.41, 5.74) is 3.26. The Morgan fingerprint density at radius 3 is 2.12 bits per heavy atom. The summed E-state index contributed by atoms with van der Waals surface area (Å²) in [7, 11) is 0.834. The minimum absolute atomic E-state index is 0.405. The highest BCUT2D eigenvalue weighted by Gasteiger charge is 2.30. The van der Waals surface area contributed by atoms with Crippen molar-refractivity contribution in [3.05, 3.63) is 0 Å². The molecule has 0 aromatic heterocycles. The molecule has 0 aromatic rings. The molecule has 0 spiro atoms. The Morgan fingerprint density at radius 1 is 0.812 bits per heavy atom. The van der Waals surface area contributed by atoms with Crippen LogP contribution < -0.4 is 0 Å². The fourth-order valence-electron chi connectivity index (χ4n) is 3.42. The fourth-order valence-corrected chi connectivity index (χ4v) is 10.4. The predicted molar refractivity (Wildman–Crippen MR) is 79.9 cm³/mol. The zero-order valence-electron chi connectivity index (χ0n) is 11.3. The minimum Gasteiger partial charge on any atom is -0.103 e. The van der Waals surface area contributed by atoms with Crippen LogP contribution >= 0.6 is 15.8 Å². The van der Waals surface area contributed by atoms with Crippen molar-refractivity contribution in [2.45, 2.75) is 69.9 Å². The molecule has 16 heavy (non-hydrogen) atoms. The van der Waals surface area contributed by atoms with Crippen molar-refractivity contribution in [2.24, 2.45) is 0 Å². The second-order valence-corrected chi connectivity index (χ2v) is 12.1. The zero-order chi connectivity index (χ0) is 11.5. The molecule has 0 bridgehead atoms. The highest BCUT2D eigenvalue weighted by Crippen LogP contribution is 2.58. The van der Waals surface area contributed by atoms with Crippen molar-refractivity contribution in [2.75, 3.05) is 18.5 Å². The molecule has 0 N–H and O–H groups in total. The van der Waals surface area contributed by atoms with E-state index in [4.69, 9.17) is 0 Å². The van der Waals surface area contributed by atoms with Crippen LogP contribution in [-0.4, -0.2) is 35.5 Å². The molecule has 0 aromatic carbocycles. The van der Waals surface area contributed by atoms with Gasteiger partial charge in [0.25, 0.3) is 0 Å². The van der Waals surface area contributed by atoms with Gasteiger partial charge in [0, 0.05) is 0 Å². The first kappa shape index (κ1) is 13.3. The van der Waals surface area contributed by atoms with Gasteiger partial charge in [-0.15, -0.1) is 15.8 Å². The molecule has 2 aliphatic heterocycles. The van der Waals surface area contributed by atoms with Gasteiger partial charge < -0.3 is 0 Å². The van der Waals surface area contributed by atoms with Crippen molar-refractivity contribution in [3.63, 3.8) is 0 Å². The summed E-state index contributed by atoms with van der Waals surface area (Å²) in [6.07, 6.45) is 12.5. The van der Waals surface area contributed by atoms with Crippen LogP contribution in [0.3, 0.4) is 0 Å². The van der Waals surface area contributed by atoms with Gasteiger partial charge in [-0.1, -0.05) is 27.2 Å². The van der Waals surface area contributed by atoms with Crippen molar-refractivity contribution in [1.29, 1.82) is 0 Å². The topological polar surface area (TPSA) is 0 Å². The Morgan fingerprint density at radius 2 is 1.50 bits per heavy atom. The fraction of sp³-hybridized carbons (Fsp3) is 1.00. The van der Waals surface area contributed by atoms with E-state index in [2.05, 4.69) is 20.8 Å². The number of hydrogen-bond donors (Lipinski definition) is 0. The molecule has 1 unspecified atom stereocenters. The molecule has 0 aliphatic carbocycles. The van der Waals surface area contributed by atoms with Gasteiger partial charge >= 0.3 is 0 Å². The third-order valence-corrected chi connectivity index (χ3v) is 11.8. The lowest BCUT2D eigenvalue weighted by atomic mass is 10.2. The summed E-state index contributed by atoms with van der Waals surface area (Å²) in [6.45, 7) is 7.57. The molecule has 2 rings (SSSR count). The SMILES string of the molecule is C[C@@H]1CC[C@@H](C)P1CCP1CCCC[C@@H]1C. The van der Waals surface area contributed by atoms with Crippen molar-refractivity contribution in [3.8, 4) is 0 Å². The van der Waals surface area contributed by atoms with E-state index in [1.165, 1.54) is 25.7 Å². The van der Waals surface area contributed by atoms with E-state index >= 15 is 0 Å². The highest BCUT2D eigenvalue weighted by molar-refractivity contribution is 7.63. The van der Waals surface area contributed by atoms with Gasteiger partial charge in [-0.2, -0.15) is 0 Å². The molecule has 0 saturated carbocycles. The Labute approximate surface area is 104 Å². The standard InChI is InChI=1S/C14H28P2/c1-12-6-4-5-9-15(12)10-11-16-13(2)7-8-14(16)3/h12-14H,4-11H2,1-3H3/t12-,13+,14+,15?/m0/s1. The summed E-state index contributed by atoms with van der Waals surface area (Å²) in [6, 6.07) is 0. The third kappa shape index (κ3) is 3.20. The lowest BCUT2D eigenvalue weighted by Gasteiger charge is -2.31. The van der Waals surface area contributed by atoms with Gasteiger partial charge in [0.1, 0.15) is 0 Å². The Balaban J connectivity index is 1.77. The average Bonchev–Trinajstić information content (AvgIpc) is 2.58. The molecule has 4 atom stereocenters. The molecule has 2 fully saturated rings. The quantitative estimate of drug-likeness (QED) is 0.618. The maximum absolute atomic E-state index is 2.53. The molecule has 0 amide bonds. The second kappa shape index (κ2) is 6.15. The van der Waals surface area contributed by atoms with Crippen molar-refractivity contribution < 1.29 is 0 Å². The molecule has 0 nitrogen and oxygen atoms in total. The van der Waals surface area contributed by atoms with Crippen LogP contribution in [0, 0.1) is 0 Å². The van der Waals surface area contributed by atoms with E-state index in [0.29, 0.717) is 15.8 Å².